The van der Waals surface area contributed by atoms with Gasteiger partial charge in [-0.3, -0.25) is 9.36 Å². The number of hydrogen-bond acceptors (Lipinski definition) is 5. The lowest BCUT2D eigenvalue weighted by Gasteiger charge is -2.14. The molecule has 1 atom stereocenters. The van der Waals surface area contributed by atoms with Crippen molar-refractivity contribution in [1.82, 2.24) is 20.1 Å². The van der Waals surface area contributed by atoms with Crippen LogP contribution in [0.3, 0.4) is 0 Å². The molecule has 2 aromatic heterocycles. The molecule has 0 fully saturated rings. The summed E-state index contributed by atoms with van der Waals surface area (Å²) in [4.78, 5) is 13.5. The second kappa shape index (κ2) is 10.4. The van der Waals surface area contributed by atoms with Gasteiger partial charge in [0, 0.05) is 12.2 Å². The lowest BCUT2D eigenvalue weighted by atomic mass is 10.1. The molecule has 0 radical (unpaired) electrons. The largest absolute Gasteiger partial charge is 0.350 e. The summed E-state index contributed by atoms with van der Waals surface area (Å²) in [5.41, 5.74) is 2.29. The van der Waals surface area contributed by atoms with Crippen molar-refractivity contribution in [3.05, 3.63) is 89.3 Å². The van der Waals surface area contributed by atoms with Crippen molar-refractivity contribution in [3.63, 3.8) is 0 Å². The first kappa shape index (κ1) is 21.3. The van der Waals surface area contributed by atoms with E-state index in [4.69, 9.17) is 0 Å². The summed E-state index contributed by atoms with van der Waals surface area (Å²) in [5.74, 6) is 1.55. The van der Waals surface area contributed by atoms with Gasteiger partial charge in [0.2, 0.25) is 5.91 Å². The maximum Gasteiger partial charge on any atom is 0.221 e. The van der Waals surface area contributed by atoms with Crippen LogP contribution in [0.2, 0.25) is 0 Å². The van der Waals surface area contributed by atoms with Crippen LogP contribution >= 0.6 is 23.1 Å². The normalized spacial score (nSPS) is 11.9. The van der Waals surface area contributed by atoms with Gasteiger partial charge in [-0.15, -0.1) is 21.5 Å². The summed E-state index contributed by atoms with van der Waals surface area (Å²) in [6.07, 6.45) is 0.425. The number of hydrogen-bond donors (Lipinski definition) is 1. The van der Waals surface area contributed by atoms with Gasteiger partial charge in [0.1, 0.15) is 0 Å². The first-order valence-corrected chi connectivity index (χ1v) is 12.1. The molecule has 31 heavy (non-hydrogen) atoms. The smallest absolute Gasteiger partial charge is 0.221 e. The van der Waals surface area contributed by atoms with E-state index in [1.807, 2.05) is 66.9 Å². The molecule has 0 aliphatic carbocycles. The van der Waals surface area contributed by atoms with Gasteiger partial charge < -0.3 is 5.32 Å². The van der Waals surface area contributed by atoms with Crippen LogP contribution in [0.4, 0.5) is 0 Å². The van der Waals surface area contributed by atoms with Crippen molar-refractivity contribution in [2.45, 2.75) is 31.1 Å². The van der Waals surface area contributed by atoms with Gasteiger partial charge in [0.25, 0.3) is 0 Å². The number of nitrogens with one attached hydrogen (secondary N) is 1. The summed E-state index contributed by atoms with van der Waals surface area (Å²) >= 11 is 3.22. The lowest BCUT2D eigenvalue weighted by Crippen LogP contribution is -2.26. The van der Waals surface area contributed by atoms with Crippen LogP contribution in [0.5, 0.6) is 0 Å². The molecular weight excluding hydrogens is 424 g/mol. The van der Waals surface area contributed by atoms with Gasteiger partial charge >= 0.3 is 0 Å². The van der Waals surface area contributed by atoms with Gasteiger partial charge in [-0.05, 0) is 29.5 Å². The summed E-state index contributed by atoms with van der Waals surface area (Å²) in [7, 11) is 0. The second-order valence-corrected chi connectivity index (χ2v) is 9.16. The highest BCUT2D eigenvalue weighted by molar-refractivity contribution is 7.99. The van der Waals surface area contributed by atoms with Crippen LogP contribution in [0.15, 0.2) is 83.3 Å². The fourth-order valence-electron chi connectivity index (χ4n) is 3.27. The zero-order valence-electron chi connectivity index (χ0n) is 17.3. The SMILES string of the molecule is C[C@H](NC(=O)CCSc1nnc(-c2cccs2)n1Cc1ccccc1)c1ccccc1. The fraction of sp³-hybridized carbons (Fsp3) is 0.208. The third-order valence-corrected chi connectivity index (χ3v) is 6.71. The van der Waals surface area contributed by atoms with Gasteiger partial charge in [0.15, 0.2) is 11.0 Å². The quantitative estimate of drug-likeness (QED) is 0.348. The van der Waals surface area contributed by atoms with E-state index >= 15 is 0 Å². The number of benzene rings is 2. The number of amides is 1. The topological polar surface area (TPSA) is 59.8 Å². The minimum absolute atomic E-state index is 0.00846. The van der Waals surface area contributed by atoms with Crippen LogP contribution in [0.1, 0.15) is 30.5 Å². The number of carbonyl (C=O) groups is 1. The summed E-state index contributed by atoms with van der Waals surface area (Å²) in [6, 6.07) is 24.4. The summed E-state index contributed by atoms with van der Waals surface area (Å²) < 4.78 is 2.14. The van der Waals surface area contributed by atoms with Crippen LogP contribution in [0.25, 0.3) is 10.7 Å². The highest BCUT2D eigenvalue weighted by Crippen LogP contribution is 2.28. The number of rotatable bonds is 9. The molecule has 0 aliphatic rings. The molecule has 0 bridgehead atoms. The van der Waals surface area contributed by atoms with E-state index in [-0.39, 0.29) is 11.9 Å². The average Bonchev–Trinajstić information content (AvgIpc) is 3.45. The van der Waals surface area contributed by atoms with Gasteiger partial charge in [-0.1, -0.05) is 78.5 Å². The van der Waals surface area contributed by atoms with Crippen LogP contribution in [-0.4, -0.2) is 26.4 Å². The Morgan fingerprint density at radius 3 is 2.48 bits per heavy atom. The Morgan fingerprint density at radius 2 is 1.77 bits per heavy atom. The number of thiophene rings is 1. The van der Waals surface area contributed by atoms with Crippen molar-refractivity contribution in [2.24, 2.45) is 0 Å². The Morgan fingerprint density at radius 1 is 1.03 bits per heavy atom. The zero-order chi connectivity index (χ0) is 21.5. The van der Waals surface area contributed by atoms with Crippen LogP contribution in [0, 0.1) is 0 Å². The van der Waals surface area contributed by atoms with Crippen molar-refractivity contribution in [1.29, 1.82) is 0 Å². The minimum Gasteiger partial charge on any atom is -0.350 e. The molecule has 0 saturated heterocycles. The lowest BCUT2D eigenvalue weighted by molar-refractivity contribution is -0.121. The number of nitrogens with zero attached hydrogens (tertiary/aromatic N) is 3. The molecular formula is C24H24N4OS2. The molecule has 0 aliphatic heterocycles. The maximum atomic E-state index is 12.4. The van der Waals surface area contributed by atoms with Crippen LogP contribution < -0.4 is 5.32 Å². The zero-order valence-corrected chi connectivity index (χ0v) is 18.9. The Hall–Kier alpha value is -2.90. The number of thioether (sulfide) groups is 1. The molecule has 7 heteroatoms. The monoisotopic (exact) mass is 448 g/mol. The van der Waals surface area contributed by atoms with E-state index in [9.17, 15) is 4.79 Å². The van der Waals surface area contributed by atoms with E-state index in [2.05, 4.69) is 38.3 Å². The van der Waals surface area contributed by atoms with Gasteiger partial charge in [-0.25, -0.2) is 0 Å². The molecule has 0 unspecified atom stereocenters. The molecule has 1 amide bonds. The predicted octanol–water partition coefficient (Wildman–Crippen LogP) is 5.41. The van der Waals surface area contributed by atoms with E-state index in [0.717, 1.165) is 21.4 Å². The maximum absolute atomic E-state index is 12.4. The summed E-state index contributed by atoms with van der Waals surface area (Å²) in [5, 5.41) is 14.8. The van der Waals surface area contributed by atoms with E-state index < -0.39 is 0 Å². The van der Waals surface area contributed by atoms with Crippen molar-refractivity contribution in [2.75, 3.05) is 5.75 Å². The molecule has 0 saturated carbocycles. The van der Waals surface area contributed by atoms with Gasteiger partial charge in [0.05, 0.1) is 17.5 Å². The minimum atomic E-state index is -0.00846. The first-order valence-electron chi connectivity index (χ1n) is 10.2. The molecule has 4 aromatic rings. The second-order valence-electron chi connectivity index (χ2n) is 7.15. The number of carbonyl (C=O) groups excluding carboxylic acids is 1. The standard InChI is InChI=1S/C24H24N4OS2/c1-18(20-11-6-3-7-12-20)25-22(29)14-16-31-24-27-26-23(21-13-8-15-30-21)28(24)17-19-9-4-2-5-10-19/h2-13,15,18H,14,16-17H2,1H3,(H,25,29)/t18-/m0/s1. The molecule has 2 heterocycles. The van der Waals surface area contributed by atoms with Gasteiger partial charge in [-0.2, -0.15) is 0 Å². The Bertz CT molecular complexity index is 1100. The number of aromatic nitrogens is 3. The molecule has 4 rings (SSSR count). The summed E-state index contributed by atoms with van der Waals surface area (Å²) in [6.45, 7) is 2.70. The average molecular weight is 449 g/mol. The highest BCUT2D eigenvalue weighted by Gasteiger charge is 2.16. The third-order valence-electron chi connectivity index (χ3n) is 4.88. The van der Waals surface area contributed by atoms with Crippen molar-refractivity contribution in [3.8, 4) is 10.7 Å². The van der Waals surface area contributed by atoms with E-state index in [1.54, 1.807) is 23.1 Å². The molecule has 5 nitrogen and oxygen atoms in total. The van der Waals surface area contributed by atoms with E-state index in [0.29, 0.717) is 18.7 Å². The molecule has 2 aromatic carbocycles. The highest BCUT2D eigenvalue weighted by atomic mass is 32.2. The third kappa shape index (κ3) is 5.62. The predicted molar refractivity (Wildman–Crippen MR) is 127 cm³/mol. The Balaban J connectivity index is 1.40. The molecule has 0 spiro atoms. The molecule has 1 N–H and O–H groups in total. The fourth-order valence-corrected chi connectivity index (χ4v) is 4.86. The van der Waals surface area contributed by atoms with E-state index in [1.165, 1.54) is 5.56 Å². The van der Waals surface area contributed by atoms with Crippen molar-refractivity contribution >= 4 is 29.0 Å². The Labute approximate surface area is 190 Å². The van der Waals surface area contributed by atoms with Crippen molar-refractivity contribution < 1.29 is 4.79 Å². The Kier molecular flexibility index (Phi) is 7.17. The van der Waals surface area contributed by atoms with Crippen LogP contribution in [-0.2, 0) is 11.3 Å². The first-order chi connectivity index (χ1) is 15.2. The molecule has 158 valence electrons.